The van der Waals surface area contributed by atoms with E-state index < -0.39 is 41.6 Å². The van der Waals surface area contributed by atoms with E-state index in [0.717, 1.165) is 18.2 Å². The van der Waals surface area contributed by atoms with Gasteiger partial charge in [-0.15, -0.1) is 0 Å². The van der Waals surface area contributed by atoms with E-state index in [1.54, 1.807) is 13.8 Å². The molecule has 172 valence electrons. The average molecular weight is 481 g/mol. The van der Waals surface area contributed by atoms with Crippen LogP contribution in [-0.4, -0.2) is 38.4 Å². The zero-order valence-electron chi connectivity index (χ0n) is 18.1. The van der Waals surface area contributed by atoms with Gasteiger partial charge in [-0.2, -0.15) is 0 Å². The minimum Gasteiger partial charge on any atom is -0.478 e. The van der Waals surface area contributed by atoms with Gasteiger partial charge in [0.15, 0.2) is 25.3 Å². The number of hydrogen-bond acceptors (Lipinski definition) is 7. The summed E-state index contributed by atoms with van der Waals surface area (Å²) in [5, 5.41) is 7.28. The van der Waals surface area contributed by atoms with Crippen LogP contribution in [0.25, 0.3) is 21.9 Å². The van der Waals surface area contributed by atoms with Crippen LogP contribution in [-0.2, 0) is 19.7 Å². The Labute approximate surface area is 185 Å². The van der Waals surface area contributed by atoms with Gasteiger partial charge < -0.3 is 9.52 Å². The lowest BCUT2D eigenvalue weighted by molar-refractivity contribution is 0.0697. The van der Waals surface area contributed by atoms with Crippen LogP contribution in [0, 0.1) is 0 Å². The molecule has 0 aliphatic heterocycles. The van der Waals surface area contributed by atoms with Crippen LogP contribution in [0.1, 0.15) is 50.9 Å². The molecule has 0 aliphatic rings. The van der Waals surface area contributed by atoms with Gasteiger partial charge in [0, 0.05) is 0 Å². The monoisotopic (exact) mass is 480 g/mol. The third kappa shape index (κ3) is 3.81. The zero-order valence-corrected chi connectivity index (χ0v) is 19.7. The van der Waals surface area contributed by atoms with Crippen molar-refractivity contribution >= 4 is 47.6 Å². The molecule has 1 aromatic heterocycles. The lowest BCUT2D eigenvalue weighted by atomic mass is 10.1. The molecule has 0 radical (unpaired) electrons. The second-order valence-corrected chi connectivity index (χ2v) is 12.5. The summed E-state index contributed by atoms with van der Waals surface area (Å²) < 4.78 is 58.3. The van der Waals surface area contributed by atoms with Gasteiger partial charge in [0.2, 0.25) is 5.43 Å². The molecule has 0 saturated carbocycles. The third-order valence-corrected chi connectivity index (χ3v) is 10.4. The number of fused-ring (bicyclic) bond motifs is 2. The molecule has 2 unspecified atom stereocenters. The standard InChI is InChI=1S/C22H24O8S2/c1-5-12(3)31(26,27)15-10-17-20(23)16-9-14(22(24)25)7-8-18(16)30-21(17)19(11-15)32(28,29)13(4)6-2/h7-13H,5-6H2,1-4H3,(H,24,25). The minimum atomic E-state index is -4.03. The SMILES string of the molecule is CCC(C)S(=O)(=O)c1cc(S(=O)(=O)C(C)CC)c2oc3ccc(C(=O)O)cc3c(=O)c2c1. The summed E-state index contributed by atoms with van der Waals surface area (Å²) in [5.41, 5.74) is -1.09. The molecule has 3 rings (SSSR count). The van der Waals surface area contributed by atoms with Crippen molar-refractivity contribution in [3.05, 3.63) is 46.1 Å². The highest BCUT2D eigenvalue weighted by atomic mass is 32.2. The van der Waals surface area contributed by atoms with E-state index in [9.17, 15) is 31.5 Å². The van der Waals surface area contributed by atoms with Crippen molar-refractivity contribution < 1.29 is 31.2 Å². The van der Waals surface area contributed by atoms with Crippen LogP contribution in [0.4, 0.5) is 0 Å². The van der Waals surface area contributed by atoms with Crippen LogP contribution in [0.5, 0.6) is 0 Å². The molecule has 0 spiro atoms. The molecular formula is C22H24O8S2. The number of aromatic carboxylic acids is 1. The van der Waals surface area contributed by atoms with E-state index >= 15 is 0 Å². The van der Waals surface area contributed by atoms with Crippen molar-refractivity contribution in [3.8, 4) is 0 Å². The Balaban J connectivity index is 2.55. The summed E-state index contributed by atoms with van der Waals surface area (Å²) in [4.78, 5) is 23.9. The minimum absolute atomic E-state index is 0.00522. The van der Waals surface area contributed by atoms with Gasteiger partial charge in [-0.3, -0.25) is 4.79 Å². The Kier molecular flexibility index (Phi) is 6.23. The van der Waals surface area contributed by atoms with Crippen LogP contribution < -0.4 is 5.43 Å². The molecular weight excluding hydrogens is 456 g/mol. The Hall–Kier alpha value is -2.72. The number of hydrogen-bond donors (Lipinski definition) is 1. The number of benzene rings is 2. The molecule has 1 heterocycles. The lowest BCUT2D eigenvalue weighted by Gasteiger charge is -2.16. The van der Waals surface area contributed by atoms with Crippen LogP contribution in [0.3, 0.4) is 0 Å². The number of carboxylic acids is 1. The number of carboxylic acid groups (broad SMARTS) is 1. The van der Waals surface area contributed by atoms with Crippen molar-refractivity contribution in [2.45, 2.75) is 60.8 Å². The van der Waals surface area contributed by atoms with E-state index in [-0.39, 0.29) is 43.7 Å². The smallest absolute Gasteiger partial charge is 0.335 e. The highest BCUT2D eigenvalue weighted by molar-refractivity contribution is 7.93. The Bertz CT molecular complexity index is 1500. The molecule has 2 aromatic carbocycles. The van der Waals surface area contributed by atoms with Gasteiger partial charge in [-0.25, -0.2) is 21.6 Å². The van der Waals surface area contributed by atoms with Crippen LogP contribution >= 0.6 is 0 Å². The molecule has 0 saturated heterocycles. The van der Waals surface area contributed by atoms with Crippen molar-refractivity contribution in [1.82, 2.24) is 0 Å². The third-order valence-electron chi connectivity index (χ3n) is 5.80. The maximum absolute atomic E-state index is 13.3. The van der Waals surface area contributed by atoms with Crippen molar-refractivity contribution in [2.75, 3.05) is 0 Å². The van der Waals surface area contributed by atoms with Gasteiger partial charge in [0.25, 0.3) is 0 Å². The van der Waals surface area contributed by atoms with Gasteiger partial charge in [0.05, 0.1) is 31.7 Å². The largest absolute Gasteiger partial charge is 0.478 e. The molecule has 2 atom stereocenters. The fourth-order valence-electron chi connectivity index (χ4n) is 3.30. The maximum Gasteiger partial charge on any atom is 0.335 e. The summed E-state index contributed by atoms with van der Waals surface area (Å²) in [5.74, 6) is -1.25. The number of sulfone groups is 2. The van der Waals surface area contributed by atoms with Gasteiger partial charge in [-0.05, 0) is 57.0 Å². The first-order valence-electron chi connectivity index (χ1n) is 10.1. The van der Waals surface area contributed by atoms with Crippen molar-refractivity contribution in [3.63, 3.8) is 0 Å². The first-order chi connectivity index (χ1) is 14.9. The predicted octanol–water partition coefficient (Wildman–Crippen LogP) is 3.79. The van der Waals surface area contributed by atoms with Crippen molar-refractivity contribution in [2.24, 2.45) is 0 Å². The molecule has 0 amide bonds. The van der Waals surface area contributed by atoms with E-state index in [4.69, 9.17) is 4.42 Å². The summed E-state index contributed by atoms with van der Waals surface area (Å²) in [6.07, 6.45) is 0.564. The van der Waals surface area contributed by atoms with E-state index in [0.29, 0.717) is 6.42 Å². The quantitative estimate of drug-likeness (QED) is 0.505. The zero-order chi connectivity index (χ0) is 24.0. The molecule has 3 aromatic rings. The summed E-state index contributed by atoms with van der Waals surface area (Å²) in [7, 11) is -7.96. The topological polar surface area (TPSA) is 136 Å². The summed E-state index contributed by atoms with van der Waals surface area (Å²) in [6, 6.07) is 5.83. The fraction of sp³-hybridized carbons (Fsp3) is 0.364. The van der Waals surface area contributed by atoms with Gasteiger partial charge >= 0.3 is 5.97 Å². The summed E-state index contributed by atoms with van der Waals surface area (Å²) >= 11 is 0. The Morgan fingerprint density at radius 2 is 1.53 bits per heavy atom. The highest BCUT2D eigenvalue weighted by Crippen LogP contribution is 2.33. The summed E-state index contributed by atoms with van der Waals surface area (Å²) in [6.45, 7) is 6.37. The van der Waals surface area contributed by atoms with Crippen LogP contribution in [0.15, 0.2) is 49.3 Å². The first kappa shape index (κ1) is 23.9. The second-order valence-electron chi connectivity index (χ2n) is 7.77. The maximum atomic E-state index is 13.3. The van der Waals surface area contributed by atoms with E-state index in [1.165, 1.54) is 26.0 Å². The van der Waals surface area contributed by atoms with E-state index in [2.05, 4.69) is 0 Å². The predicted molar refractivity (Wildman–Crippen MR) is 121 cm³/mol. The van der Waals surface area contributed by atoms with E-state index in [1.807, 2.05) is 0 Å². The van der Waals surface area contributed by atoms with Crippen molar-refractivity contribution in [1.29, 1.82) is 0 Å². The van der Waals surface area contributed by atoms with Crippen LogP contribution in [0.2, 0.25) is 0 Å². The van der Waals surface area contributed by atoms with Gasteiger partial charge in [-0.1, -0.05) is 13.8 Å². The lowest BCUT2D eigenvalue weighted by Crippen LogP contribution is -2.21. The Morgan fingerprint density at radius 1 is 0.938 bits per heavy atom. The van der Waals surface area contributed by atoms with Gasteiger partial charge in [0.1, 0.15) is 10.5 Å². The number of rotatable bonds is 7. The number of carbonyl (C=O) groups is 1. The molecule has 0 fully saturated rings. The second kappa shape index (κ2) is 8.32. The average Bonchev–Trinajstić information content (AvgIpc) is 2.76. The fourth-order valence-corrected chi connectivity index (χ4v) is 6.41. The molecule has 0 aliphatic carbocycles. The molecule has 10 heteroatoms. The molecule has 32 heavy (non-hydrogen) atoms. The molecule has 0 bridgehead atoms. The molecule has 8 nitrogen and oxygen atoms in total. The molecule has 1 N–H and O–H groups in total. The Morgan fingerprint density at radius 3 is 2.09 bits per heavy atom. The highest BCUT2D eigenvalue weighted by Gasteiger charge is 2.31. The first-order valence-corrected chi connectivity index (χ1v) is 13.2. The normalized spacial score (nSPS) is 14.5.